The molecular weight excluding hydrogens is 372 g/mol. The Kier molecular flexibility index (Phi) is 11.4. The molecule has 0 spiro atoms. The maximum absolute atomic E-state index is 12.1. The van der Waals surface area contributed by atoms with Crippen LogP contribution in [-0.4, -0.2) is 19.2 Å². The minimum atomic E-state index is -0.243. The Morgan fingerprint density at radius 3 is 1.80 bits per heavy atom. The van der Waals surface area contributed by atoms with Gasteiger partial charge in [0.2, 0.25) is 0 Å². The van der Waals surface area contributed by atoms with Gasteiger partial charge in [0.25, 0.3) is 0 Å². The topological polar surface area (TPSA) is 35.5 Å². The molecule has 0 aliphatic carbocycles. The van der Waals surface area contributed by atoms with Crippen LogP contribution in [0.25, 0.3) is 12.2 Å². The van der Waals surface area contributed by atoms with Gasteiger partial charge in [0, 0.05) is 0 Å². The fourth-order valence-corrected chi connectivity index (χ4v) is 3.09. The third-order valence-corrected chi connectivity index (χ3v) is 4.99. The van der Waals surface area contributed by atoms with Gasteiger partial charge < -0.3 is 9.47 Å². The molecule has 0 N–H and O–H groups in total. The number of esters is 1. The number of carbonyl (C=O) groups excluding carboxylic acids is 1. The summed E-state index contributed by atoms with van der Waals surface area (Å²) in [6.07, 6.45) is 13.4. The van der Waals surface area contributed by atoms with E-state index in [0.29, 0.717) is 12.2 Å². The number of unbranched alkanes of at least 4 members (excludes halogenated alkanes) is 6. The first-order valence-electron chi connectivity index (χ1n) is 11.4. The van der Waals surface area contributed by atoms with Gasteiger partial charge in [-0.3, -0.25) is 0 Å². The summed E-state index contributed by atoms with van der Waals surface area (Å²) in [7, 11) is 0. The second kappa shape index (κ2) is 14.4. The van der Waals surface area contributed by atoms with Crippen LogP contribution in [0.3, 0.4) is 0 Å². The highest BCUT2D eigenvalue weighted by atomic mass is 16.5. The normalized spacial score (nSPS) is 11.0. The third kappa shape index (κ3) is 9.30. The van der Waals surface area contributed by atoms with Crippen molar-refractivity contribution < 1.29 is 14.3 Å². The van der Waals surface area contributed by atoms with Crippen molar-refractivity contribution >= 4 is 18.1 Å². The molecule has 0 bridgehead atoms. The largest absolute Gasteiger partial charge is 0.494 e. The summed E-state index contributed by atoms with van der Waals surface area (Å²) in [5, 5.41) is 0. The first-order valence-corrected chi connectivity index (χ1v) is 11.4. The van der Waals surface area contributed by atoms with Crippen LogP contribution >= 0.6 is 0 Å². The van der Waals surface area contributed by atoms with Crippen LogP contribution in [0.4, 0.5) is 0 Å². The predicted molar refractivity (Wildman–Crippen MR) is 126 cm³/mol. The van der Waals surface area contributed by atoms with Crippen molar-refractivity contribution in [3.63, 3.8) is 0 Å². The van der Waals surface area contributed by atoms with Gasteiger partial charge in [0.1, 0.15) is 5.75 Å². The standard InChI is InChI=1S/C27H36O3/c1-3-5-7-9-21-29-26-19-15-24(16-20-26)12-11-23-13-17-25(18-14-23)27(28)30-22-10-8-6-4-2/h11-20H,3-10,21-22H2,1-2H3/b12-11+. The lowest BCUT2D eigenvalue weighted by Gasteiger charge is -2.06. The summed E-state index contributed by atoms with van der Waals surface area (Å²) in [5.41, 5.74) is 2.76. The SMILES string of the molecule is CCCCCCOC(=O)c1ccc(/C=C/c2ccc(OCCCCCC)cc2)cc1. The lowest BCUT2D eigenvalue weighted by Crippen LogP contribution is -2.06. The zero-order valence-electron chi connectivity index (χ0n) is 18.6. The zero-order valence-corrected chi connectivity index (χ0v) is 18.6. The van der Waals surface area contributed by atoms with Gasteiger partial charge in [0.05, 0.1) is 18.8 Å². The highest BCUT2D eigenvalue weighted by molar-refractivity contribution is 5.89. The maximum atomic E-state index is 12.1. The van der Waals surface area contributed by atoms with E-state index in [1.54, 1.807) is 0 Å². The smallest absolute Gasteiger partial charge is 0.338 e. The van der Waals surface area contributed by atoms with Crippen molar-refractivity contribution in [1.82, 2.24) is 0 Å². The van der Waals surface area contributed by atoms with E-state index >= 15 is 0 Å². The van der Waals surface area contributed by atoms with Crippen molar-refractivity contribution in [3.8, 4) is 5.75 Å². The molecule has 0 saturated heterocycles. The quantitative estimate of drug-likeness (QED) is 0.184. The molecule has 3 nitrogen and oxygen atoms in total. The minimum Gasteiger partial charge on any atom is -0.494 e. The molecule has 0 aromatic heterocycles. The zero-order chi connectivity index (χ0) is 21.4. The van der Waals surface area contributed by atoms with E-state index in [0.717, 1.165) is 42.7 Å². The molecule has 0 amide bonds. The van der Waals surface area contributed by atoms with Gasteiger partial charge in [-0.2, -0.15) is 0 Å². The Hall–Kier alpha value is -2.55. The Labute approximate surface area is 182 Å². The van der Waals surface area contributed by atoms with E-state index in [2.05, 4.69) is 32.1 Å². The van der Waals surface area contributed by atoms with E-state index in [1.165, 1.54) is 32.1 Å². The summed E-state index contributed by atoms with van der Waals surface area (Å²) in [4.78, 5) is 12.1. The molecule has 2 aromatic rings. The molecule has 3 heteroatoms. The molecule has 0 aliphatic heterocycles. The maximum Gasteiger partial charge on any atom is 0.338 e. The number of benzene rings is 2. The lowest BCUT2D eigenvalue weighted by molar-refractivity contribution is 0.0498. The molecule has 2 aromatic carbocycles. The molecule has 0 aliphatic rings. The van der Waals surface area contributed by atoms with Gasteiger partial charge in [-0.15, -0.1) is 0 Å². The monoisotopic (exact) mass is 408 g/mol. The number of hydrogen-bond acceptors (Lipinski definition) is 3. The van der Waals surface area contributed by atoms with Gasteiger partial charge in [-0.05, 0) is 48.2 Å². The van der Waals surface area contributed by atoms with Gasteiger partial charge in [-0.25, -0.2) is 4.79 Å². The summed E-state index contributed by atoms with van der Waals surface area (Å²) < 4.78 is 11.1. The number of ether oxygens (including phenoxy) is 2. The van der Waals surface area contributed by atoms with E-state index in [1.807, 2.05) is 42.5 Å². The lowest BCUT2D eigenvalue weighted by atomic mass is 10.1. The average molecular weight is 409 g/mol. The first-order chi connectivity index (χ1) is 14.7. The molecular formula is C27H36O3. The van der Waals surface area contributed by atoms with Crippen LogP contribution in [-0.2, 0) is 4.74 Å². The summed E-state index contributed by atoms with van der Waals surface area (Å²) in [5.74, 6) is 0.675. The fourth-order valence-electron chi connectivity index (χ4n) is 3.09. The van der Waals surface area contributed by atoms with Gasteiger partial charge in [-0.1, -0.05) is 88.8 Å². The molecule has 30 heavy (non-hydrogen) atoms. The van der Waals surface area contributed by atoms with Crippen LogP contribution in [0.2, 0.25) is 0 Å². The molecule has 0 atom stereocenters. The van der Waals surface area contributed by atoms with Gasteiger partial charge in [0.15, 0.2) is 0 Å². The number of hydrogen-bond donors (Lipinski definition) is 0. The second-order valence-electron chi connectivity index (χ2n) is 7.63. The van der Waals surface area contributed by atoms with E-state index < -0.39 is 0 Å². The van der Waals surface area contributed by atoms with Crippen LogP contribution < -0.4 is 4.74 Å². The second-order valence-corrected chi connectivity index (χ2v) is 7.63. The average Bonchev–Trinajstić information content (AvgIpc) is 2.78. The van der Waals surface area contributed by atoms with Crippen molar-refractivity contribution in [2.24, 2.45) is 0 Å². The van der Waals surface area contributed by atoms with Crippen LogP contribution in [0.5, 0.6) is 5.75 Å². The van der Waals surface area contributed by atoms with E-state index in [4.69, 9.17) is 9.47 Å². The van der Waals surface area contributed by atoms with Crippen molar-refractivity contribution in [1.29, 1.82) is 0 Å². The first kappa shape index (κ1) is 23.7. The number of carbonyl (C=O) groups is 1. The summed E-state index contributed by atoms with van der Waals surface area (Å²) >= 11 is 0. The summed E-state index contributed by atoms with van der Waals surface area (Å²) in [6, 6.07) is 15.7. The third-order valence-electron chi connectivity index (χ3n) is 4.99. The van der Waals surface area contributed by atoms with Gasteiger partial charge >= 0.3 is 5.97 Å². The molecule has 0 radical (unpaired) electrons. The molecule has 2 rings (SSSR count). The van der Waals surface area contributed by atoms with Crippen LogP contribution in [0.15, 0.2) is 48.5 Å². The fraction of sp³-hybridized carbons (Fsp3) is 0.444. The molecule has 0 saturated carbocycles. The Balaban J connectivity index is 1.77. The van der Waals surface area contributed by atoms with Crippen molar-refractivity contribution in [2.75, 3.05) is 13.2 Å². The highest BCUT2D eigenvalue weighted by Crippen LogP contribution is 2.16. The molecule has 162 valence electrons. The van der Waals surface area contributed by atoms with E-state index in [9.17, 15) is 4.79 Å². The molecule has 0 fully saturated rings. The van der Waals surface area contributed by atoms with Crippen molar-refractivity contribution in [3.05, 3.63) is 65.2 Å². The Bertz CT molecular complexity index is 745. The summed E-state index contributed by atoms with van der Waals surface area (Å²) in [6.45, 7) is 5.66. The predicted octanol–water partition coefficient (Wildman–Crippen LogP) is 7.55. The van der Waals surface area contributed by atoms with Crippen molar-refractivity contribution in [2.45, 2.75) is 65.2 Å². The number of rotatable bonds is 14. The van der Waals surface area contributed by atoms with Crippen LogP contribution in [0.1, 0.15) is 86.7 Å². The minimum absolute atomic E-state index is 0.243. The molecule has 0 unspecified atom stereocenters. The Morgan fingerprint density at radius 1 is 0.700 bits per heavy atom. The van der Waals surface area contributed by atoms with E-state index in [-0.39, 0.29) is 5.97 Å². The molecule has 0 heterocycles. The Morgan fingerprint density at radius 2 is 1.23 bits per heavy atom. The van der Waals surface area contributed by atoms with Crippen LogP contribution in [0, 0.1) is 0 Å². The highest BCUT2D eigenvalue weighted by Gasteiger charge is 2.06.